The molecule has 88 valence electrons. The molecule has 3 heteroatoms. The van der Waals surface area contributed by atoms with Crippen LogP contribution in [0.2, 0.25) is 0 Å². The van der Waals surface area contributed by atoms with E-state index in [0.29, 0.717) is 11.3 Å². The maximum absolute atomic E-state index is 13.2. The average molecular weight is 251 g/mol. The van der Waals surface area contributed by atoms with E-state index in [-0.39, 0.29) is 5.82 Å². The van der Waals surface area contributed by atoms with Crippen molar-refractivity contribution in [2.75, 3.05) is 7.11 Å². The minimum atomic E-state index is -0.415. The first-order chi connectivity index (χ1) is 8.22. The van der Waals surface area contributed by atoms with Crippen LogP contribution >= 0.6 is 11.6 Å². The summed E-state index contributed by atoms with van der Waals surface area (Å²) in [6, 6.07) is 13.9. The first-order valence-electron chi connectivity index (χ1n) is 5.25. The minimum absolute atomic E-state index is 0.317. The number of hydrogen-bond acceptors (Lipinski definition) is 1. The van der Waals surface area contributed by atoms with Crippen molar-refractivity contribution in [3.05, 3.63) is 65.5 Å². The summed E-state index contributed by atoms with van der Waals surface area (Å²) >= 11 is 6.34. The lowest BCUT2D eigenvalue weighted by Gasteiger charge is -2.14. The monoisotopic (exact) mass is 250 g/mol. The van der Waals surface area contributed by atoms with Crippen LogP contribution in [0.1, 0.15) is 16.5 Å². The van der Waals surface area contributed by atoms with Gasteiger partial charge in [0.15, 0.2) is 0 Å². The molecular formula is C14H12ClFO. The van der Waals surface area contributed by atoms with Crippen molar-refractivity contribution in [3.63, 3.8) is 0 Å². The fourth-order valence-corrected chi connectivity index (χ4v) is 2.02. The largest absolute Gasteiger partial charge is 0.496 e. The molecule has 0 fully saturated rings. The molecule has 2 aromatic rings. The van der Waals surface area contributed by atoms with Gasteiger partial charge in [0.05, 0.1) is 12.5 Å². The Morgan fingerprint density at radius 3 is 2.47 bits per heavy atom. The normalized spacial score (nSPS) is 12.2. The summed E-state index contributed by atoms with van der Waals surface area (Å²) in [5.74, 6) is 0.276. The predicted molar refractivity (Wildman–Crippen MR) is 67.1 cm³/mol. The second kappa shape index (κ2) is 5.19. The van der Waals surface area contributed by atoms with Gasteiger partial charge in [-0.25, -0.2) is 4.39 Å². The number of alkyl halides is 1. The van der Waals surface area contributed by atoms with E-state index in [1.165, 1.54) is 12.1 Å². The summed E-state index contributed by atoms with van der Waals surface area (Å²) in [4.78, 5) is 0. The van der Waals surface area contributed by atoms with Crippen LogP contribution in [0.3, 0.4) is 0 Å². The van der Waals surface area contributed by atoms with Crippen LogP contribution < -0.4 is 4.74 Å². The molecule has 1 nitrogen and oxygen atoms in total. The molecule has 2 rings (SSSR count). The van der Waals surface area contributed by atoms with Crippen LogP contribution in [0, 0.1) is 5.82 Å². The molecule has 17 heavy (non-hydrogen) atoms. The van der Waals surface area contributed by atoms with Crippen molar-refractivity contribution in [2.24, 2.45) is 0 Å². The van der Waals surface area contributed by atoms with E-state index in [0.717, 1.165) is 5.56 Å². The molecule has 0 aliphatic carbocycles. The maximum atomic E-state index is 13.2. The van der Waals surface area contributed by atoms with E-state index in [9.17, 15) is 4.39 Å². The van der Waals surface area contributed by atoms with Crippen molar-refractivity contribution in [3.8, 4) is 5.75 Å². The highest BCUT2D eigenvalue weighted by molar-refractivity contribution is 6.22. The van der Waals surface area contributed by atoms with Crippen molar-refractivity contribution >= 4 is 11.6 Å². The topological polar surface area (TPSA) is 9.23 Å². The van der Waals surface area contributed by atoms with Gasteiger partial charge in [-0.2, -0.15) is 0 Å². The number of rotatable bonds is 3. The Balaban J connectivity index is 2.43. The second-order valence-electron chi connectivity index (χ2n) is 3.66. The van der Waals surface area contributed by atoms with E-state index in [2.05, 4.69) is 0 Å². The van der Waals surface area contributed by atoms with Gasteiger partial charge in [0.25, 0.3) is 0 Å². The summed E-state index contributed by atoms with van der Waals surface area (Å²) in [5.41, 5.74) is 1.55. The predicted octanol–water partition coefficient (Wildman–Crippen LogP) is 4.16. The third-order valence-electron chi connectivity index (χ3n) is 2.56. The smallest absolute Gasteiger partial charge is 0.124 e. The Bertz CT molecular complexity index is 499. The molecule has 0 saturated heterocycles. The lowest BCUT2D eigenvalue weighted by molar-refractivity contribution is 0.409. The summed E-state index contributed by atoms with van der Waals surface area (Å²) in [6.45, 7) is 0. The molecule has 0 aromatic heterocycles. The van der Waals surface area contributed by atoms with E-state index < -0.39 is 5.38 Å². The van der Waals surface area contributed by atoms with Crippen molar-refractivity contribution in [1.82, 2.24) is 0 Å². The molecule has 2 aromatic carbocycles. The molecule has 1 unspecified atom stereocenters. The van der Waals surface area contributed by atoms with Crippen molar-refractivity contribution in [1.29, 1.82) is 0 Å². The molecule has 0 aliphatic rings. The highest BCUT2D eigenvalue weighted by Gasteiger charge is 2.16. The lowest BCUT2D eigenvalue weighted by Crippen LogP contribution is -1.98. The Hall–Kier alpha value is -1.54. The lowest BCUT2D eigenvalue weighted by atomic mass is 10.0. The summed E-state index contributed by atoms with van der Waals surface area (Å²) in [7, 11) is 1.55. The van der Waals surface area contributed by atoms with Gasteiger partial charge < -0.3 is 4.74 Å². The molecule has 0 radical (unpaired) electrons. The van der Waals surface area contributed by atoms with Gasteiger partial charge >= 0.3 is 0 Å². The summed E-state index contributed by atoms with van der Waals surface area (Å²) in [6.07, 6.45) is 0. The van der Waals surface area contributed by atoms with Gasteiger partial charge in [0, 0.05) is 5.56 Å². The molecule has 1 atom stereocenters. The number of methoxy groups -OCH3 is 1. The van der Waals surface area contributed by atoms with Gasteiger partial charge in [0.2, 0.25) is 0 Å². The van der Waals surface area contributed by atoms with E-state index in [1.54, 1.807) is 13.2 Å². The molecule has 0 saturated carbocycles. The zero-order chi connectivity index (χ0) is 12.3. The number of ether oxygens (including phenoxy) is 1. The first kappa shape index (κ1) is 11.9. The standard InChI is InChI=1S/C14H12ClFO/c1-17-13-8-7-11(16)9-12(13)14(15)10-5-3-2-4-6-10/h2-9,14H,1H3. The van der Waals surface area contributed by atoms with Crippen LogP contribution in [-0.4, -0.2) is 7.11 Å². The van der Waals surface area contributed by atoms with Crippen LogP contribution in [0.5, 0.6) is 5.75 Å². The van der Waals surface area contributed by atoms with Gasteiger partial charge in [-0.3, -0.25) is 0 Å². The van der Waals surface area contributed by atoms with Crippen LogP contribution in [0.25, 0.3) is 0 Å². The molecular weight excluding hydrogens is 239 g/mol. The number of halogens is 2. The number of benzene rings is 2. The van der Waals surface area contributed by atoms with Crippen molar-refractivity contribution in [2.45, 2.75) is 5.38 Å². The Morgan fingerprint density at radius 2 is 1.82 bits per heavy atom. The van der Waals surface area contributed by atoms with Gasteiger partial charge in [-0.05, 0) is 23.8 Å². The third kappa shape index (κ3) is 2.59. The average Bonchev–Trinajstić information content (AvgIpc) is 2.39. The fourth-order valence-electron chi connectivity index (χ4n) is 1.70. The Morgan fingerprint density at radius 1 is 1.12 bits per heavy atom. The molecule has 0 spiro atoms. The highest BCUT2D eigenvalue weighted by Crippen LogP contribution is 2.35. The third-order valence-corrected chi connectivity index (χ3v) is 3.04. The SMILES string of the molecule is COc1ccc(F)cc1C(Cl)c1ccccc1. The maximum Gasteiger partial charge on any atom is 0.124 e. The number of hydrogen-bond donors (Lipinski definition) is 0. The molecule has 0 N–H and O–H groups in total. The molecule has 0 bridgehead atoms. The quantitative estimate of drug-likeness (QED) is 0.743. The van der Waals surface area contributed by atoms with Gasteiger partial charge in [-0.1, -0.05) is 30.3 Å². The van der Waals surface area contributed by atoms with Gasteiger partial charge in [-0.15, -0.1) is 11.6 Å². The minimum Gasteiger partial charge on any atom is -0.496 e. The van der Waals surface area contributed by atoms with Crippen LogP contribution in [0.15, 0.2) is 48.5 Å². The summed E-state index contributed by atoms with van der Waals surface area (Å²) < 4.78 is 18.4. The molecule has 0 amide bonds. The fraction of sp³-hybridized carbons (Fsp3) is 0.143. The van der Waals surface area contributed by atoms with Crippen LogP contribution in [0.4, 0.5) is 4.39 Å². The molecule has 0 heterocycles. The van der Waals surface area contributed by atoms with E-state index in [1.807, 2.05) is 30.3 Å². The van der Waals surface area contributed by atoms with E-state index in [4.69, 9.17) is 16.3 Å². The van der Waals surface area contributed by atoms with Crippen molar-refractivity contribution < 1.29 is 9.13 Å². The second-order valence-corrected chi connectivity index (χ2v) is 4.10. The summed E-state index contributed by atoms with van der Waals surface area (Å²) in [5, 5.41) is -0.415. The zero-order valence-electron chi connectivity index (χ0n) is 9.36. The highest BCUT2D eigenvalue weighted by atomic mass is 35.5. The van der Waals surface area contributed by atoms with Gasteiger partial charge in [0.1, 0.15) is 11.6 Å². The molecule has 0 aliphatic heterocycles. The van der Waals surface area contributed by atoms with Crippen LogP contribution in [-0.2, 0) is 0 Å². The zero-order valence-corrected chi connectivity index (χ0v) is 10.1. The Kier molecular flexibility index (Phi) is 3.64. The van der Waals surface area contributed by atoms with E-state index >= 15 is 0 Å². The first-order valence-corrected chi connectivity index (χ1v) is 5.68. The Labute approximate surface area is 105 Å².